The number of aromatic nitrogens is 2. The van der Waals surface area contributed by atoms with Crippen LogP contribution >= 0.6 is 0 Å². The number of rotatable bonds is 7. The first-order valence-corrected chi connectivity index (χ1v) is 10.1. The fraction of sp³-hybridized carbons (Fsp3) is 0.261. The minimum Gasteiger partial charge on any atom is -0.484 e. The smallest absolute Gasteiger partial charge is 0.261 e. The Morgan fingerprint density at radius 1 is 1.10 bits per heavy atom. The molecule has 4 rings (SSSR count). The predicted molar refractivity (Wildman–Crippen MR) is 113 cm³/mol. The Labute approximate surface area is 180 Å². The molecule has 0 aliphatic carbocycles. The Balaban J connectivity index is 1.32. The van der Waals surface area contributed by atoms with Gasteiger partial charge < -0.3 is 20.1 Å². The second-order valence-electron chi connectivity index (χ2n) is 7.39. The Bertz CT molecular complexity index is 1010. The molecular formula is C23H24N4O4. The van der Waals surface area contributed by atoms with Gasteiger partial charge in [0.25, 0.3) is 5.91 Å². The van der Waals surface area contributed by atoms with Gasteiger partial charge in [0, 0.05) is 31.9 Å². The van der Waals surface area contributed by atoms with Gasteiger partial charge >= 0.3 is 0 Å². The van der Waals surface area contributed by atoms with Gasteiger partial charge in [0.2, 0.25) is 5.91 Å². The third-order valence-corrected chi connectivity index (χ3v) is 5.18. The average Bonchev–Trinajstić information content (AvgIpc) is 3.47. The molecule has 0 bridgehead atoms. The lowest BCUT2D eigenvalue weighted by molar-refractivity contribution is -0.140. The standard InChI is InChI=1S/C23H24N4O4/c28-19-13-21(26(15-19)22(29)16-31-20-5-2-1-3-6-20)23(30)24-14-17-7-9-18(10-8-17)27-12-4-11-25-27/h1-12,19,21,28H,13-16H2,(H,24,30)/t19-,21-/m0/s1. The molecule has 1 aliphatic heterocycles. The number of benzene rings is 2. The number of carbonyl (C=O) groups is 2. The van der Waals surface area contributed by atoms with Crippen molar-refractivity contribution < 1.29 is 19.4 Å². The van der Waals surface area contributed by atoms with Crippen LogP contribution in [-0.2, 0) is 16.1 Å². The third-order valence-electron chi connectivity index (χ3n) is 5.18. The maximum atomic E-state index is 12.7. The summed E-state index contributed by atoms with van der Waals surface area (Å²) in [4.78, 5) is 26.7. The van der Waals surface area contributed by atoms with E-state index in [-0.39, 0.29) is 31.4 Å². The van der Waals surface area contributed by atoms with Crippen molar-refractivity contribution in [1.82, 2.24) is 20.0 Å². The lowest BCUT2D eigenvalue weighted by atomic mass is 10.1. The van der Waals surface area contributed by atoms with E-state index in [0.717, 1.165) is 11.3 Å². The molecule has 2 N–H and O–H groups in total. The zero-order valence-electron chi connectivity index (χ0n) is 16.9. The molecule has 0 spiro atoms. The molecule has 1 aromatic heterocycles. The molecule has 2 heterocycles. The zero-order valence-corrected chi connectivity index (χ0v) is 16.9. The molecule has 31 heavy (non-hydrogen) atoms. The molecule has 1 fully saturated rings. The van der Waals surface area contributed by atoms with Crippen LogP contribution in [0.2, 0.25) is 0 Å². The number of carbonyl (C=O) groups excluding carboxylic acids is 2. The van der Waals surface area contributed by atoms with Gasteiger partial charge in [-0.15, -0.1) is 0 Å². The van der Waals surface area contributed by atoms with Crippen LogP contribution in [0, 0.1) is 0 Å². The van der Waals surface area contributed by atoms with E-state index < -0.39 is 12.1 Å². The van der Waals surface area contributed by atoms with Crippen molar-refractivity contribution >= 4 is 11.8 Å². The fourth-order valence-electron chi connectivity index (χ4n) is 3.58. The van der Waals surface area contributed by atoms with Crippen LogP contribution < -0.4 is 10.1 Å². The molecule has 2 amide bonds. The highest BCUT2D eigenvalue weighted by Gasteiger charge is 2.38. The fourth-order valence-corrected chi connectivity index (χ4v) is 3.58. The highest BCUT2D eigenvalue weighted by atomic mass is 16.5. The number of ether oxygens (including phenoxy) is 1. The largest absolute Gasteiger partial charge is 0.484 e. The van der Waals surface area contributed by atoms with Crippen LogP contribution in [0.3, 0.4) is 0 Å². The highest BCUT2D eigenvalue weighted by molar-refractivity contribution is 5.89. The number of nitrogens with one attached hydrogen (secondary N) is 1. The summed E-state index contributed by atoms with van der Waals surface area (Å²) < 4.78 is 7.26. The summed E-state index contributed by atoms with van der Waals surface area (Å²) in [6, 6.07) is 17.8. The van der Waals surface area contributed by atoms with Crippen LogP contribution in [-0.4, -0.2) is 56.9 Å². The van der Waals surface area contributed by atoms with E-state index in [9.17, 15) is 14.7 Å². The molecule has 1 aliphatic rings. The topological polar surface area (TPSA) is 96.7 Å². The van der Waals surface area contributed by atoms with E-state index in [2.05, 4.69) is 10.4 Å². The van der Waals surface area contributed by atoms with Crippen LogP contribution in [0.1, 0.15) is 12.0 Å². The van der Waals surface area contributed by atoms with Gasteiger partial charge in [-0.3, -0.25) is 9.59 Å². The van der Waals surface area contributed by atoms with Gasteiger partial charge in [0.05, 0.1) is 11.8 Å². The molecule has 8 heteroatoms. The Hall–Kier alpha value is -3.65. The summed E-state index contributed by atoms with van der Waals surface area (Å²) in [6.45, 7) is 0.260. The lowest BCUT2D eigenvalue weighted by Crippen LogP contribution is -2.47. The number of β-amino-alcohol motifs (C(OH)–C–C–N with tert-alkyl or cyclic N) is 1. The minimum absolute atomic E-state index is 0.119. The SMILES string of the molecule is O=C(NCc1ccc(-n2cccn2)cc1)[C@@H]1C[C@H](O)CN1C(=O)COc1ccccc1. The normalized spacial score (nSPS) is 18.0. The van der Waals surface area contributed by atoms with Gasteiger partial charge in [-0.05, 0) is 35.9 Å². The monoisotopic (exact) mass is 420 g/mol. The number of nitrogens with zero attached hydrogens (tertiary/aromatic N) is 3. The Morgan fingerprint density at radius 3 is 2.58 bits per heavy atom. The number of para-hydroxylation sites is 1. The minimum atomic E-state index is -0.732. The third kappa shape index (κ3) is 5.10. The van der Waals surface area contributed by atoms with E-state index in [0.29, 0.717) is 12.3 Å². The van der Waals surface area contributed by atoms with Gasteiger partial charge in [0.1, 0.15) is 11.8 Å². The molecule has 160 valence electrons. The second kappa shape index (κ2) is 9.44. The highest BCUT2D eigenvalue weighted by Crippen LogP contribution is 2.19. The maximum Gasteiger partial charge on any atom is 0.261 e. The van der Waals surface area contributed by atoms with Crippen molar-refractivity contribution in [3.8, 4) is 11.4 Å². The molecule has 2 atom stereocenters. The van der Waals surface area contributed by atoms with E-state index in [1.165, 1.54) is 4.90 Å². The van der Waals surface area contributed by atoms with Crippen LogP contribution in [0.25, 0.3) is 5.69 Å². The predicted octanol–water partition coefficient (Wildman–Crippen LogP) is 1.53. The van der Waals surface area contributed by atoms with Crippen molar-refractivity contribution in [1.29, 1.82) is 0 Å². The van der Waals surface area contributed by atoms with Crippen LogP contribution in [0.4, 0.5) is 0 Å². The summed E-state index contributed by atoms with van der Waals surface area (Å²) in [7, 11) is 0. The van der Waals surface area contributed by atoms with E-state index in [1.807, 2.05) is 54.7 Å². The maximum absolute atomic E-state index is 12.7. The van der Waals surface area contributed by atoms with Crippen molar-refractivity contribution in [2.45, 2.75) is 25.1 Å². The molecule has 0 radical (unpaired) electrons. The molecule has 2 aromatic carbocycles. The number of aliphatic hydroxyl groups is 1. The molecule has 8 nitrogen and oxygen atoms in total. The first kappa shape index (κ1) is 20.6. The van der Waals surface area contributed by atoms with Crippen molar-refractivity contribution in [2.24, 2.45) is 0 Å². The van der Waals surface area contributed by atoms with Crippen molar-refractivity contribution in [3.63, 3.8) is 0 Å². The summed E-state index contributed by atoms with van der Waals surface area (Å²) >= 11 is 0. The second-order valence-corrected chi connectivity index (χ2v) is 7.39. The summed E-state index contributed by atoms with van der Waals surface area (Å²) in [5.74, 6) is -0.0416. The lowest BCUT2D eigenvalue weighted by Gasteiger charge is -2.23. The number of hydrogen-bond acceptors (Lipinski definition) is 5. The number of hydrogen-bond donors (Lipinski definition) is 2. The van der Waals surface area contributed by atoms with Gasteiger partial charge in [-0.2, -0.15) is 5.10 Å². The quantitative estimate of drug-likeness (QED) is 0.604. The van der Waals surface area contributed by atoms with Crippen LogP contribution in [0.15, 0.2) is 73.1 Å². The number of likely N-dealkylation sites (tertiary alicyclic amines) is 1. The molecule has 1 saturated heterocycles. The van der Waals surface area contributed by atoms with E-state index >= 15 is 0 Å². The van der Waals surface area contributed by atoms with Crippen molar-refractivity contribution in [3.05, 3.63) is 78.6 Å². The van der Waals surface area contributed by atoms with E-state index in [1.54, 1.807) is 23.0 Å². The van der Waals surface area contributed by atoms with Gasteiger partial charge in [-0.1, -0.05) is 30.3 Å². The first-order valence-electron chi connectivity index (χ1n) is 10.1. The molecule has 0 saturated carbocycles. The first-order chi connectivity index (χ1) is 15.1. The molecule has 3 aromatic rings. The number of amides is 2. The average molecular weight is 420 g/mol. The molecular weight excluding hydrogens is 396 g/mol. The summed E-state index contributed by atoms with van der Waals surface area (Å²) in [5, 5.41) is 17.1. The van der Waals surface area contributed by atoms with Crippen molar-refractivity contribution in [2.75, 3.05) is 13.2 Å². The van der Waals surface area contributed by atoms with Gasteiger partial charge in [0.15, 0.2) is 6.61 Å². The Kier molecular flexibility index (Phi) is 6.28. The van der Waals surface area contributed by atoms with E-state index in [4.69, 9.17) is 4.74 Å². The zero-order chi connectivity index (χ0) is 21.6. The van der Waals surface area contributed by atoms with Crippen LogP contribution in [0.5, 0.6) is 5.75 Å². The summed E-state index contributed by atoms with van der Waals surface area (Å²) in [6.07, 6.45) is 3.04. The molecule has 0 unspecified atom stereocenters. The summed E-state index contributed by atoms with van der Waals surface area (Å²) in [5.41, 5.74) is 1.85. The Morgan fingerprint density at radius 2 is 1.87 bits per heavy atom. The van der Waals surface area contributed by atoms with Gasteiger partial charge in [-0.25, -0.2) is 4.68 Å². The number of aliphatic hydroxyl groups excluding tert-OH is 1.